The summed E-state index contributed by atoms with van der Waals surface area (Å²) in [7, 11) is 0. The highest BCUT2D eigenvalue weighted by atomic mass is 16.4. The van der Waals surface area contributed by atoms with E-state index in [0.29, 0.717) is 5.56 Å². The number of hydrogen-bond donors (Lipinski definition) is 2. The van der Waals surface area contributed by atoms with Gasteiger partial charge >= 0.3 is 5.97 Å². The number of carbonyl (C=O) groups excluding carboxylic acids is 1. The zero-order valence-corrected chi connectivity index (χ0v) is 8.65. The zero-order valence-electron chi connectivity index (χ0n) is 8.65. The molecule has 0 saturated carbocycles. The van der Waals surface area contributed by atoms with Gasteiger partial charge in [-0.25, -0.2) is 4.79 Å². The molecular formula is C11H13NO3. The summed E-state index contributed by atoms with van der Waals surface area (Å²) >= 11 is 0. The number of hydrogen-bond acceptors (Lipinski definition) is 2. The molecule has 0 spiro atoms. The van der Waals surface area contributed by atoms with Crippen molar-refractivity contribution < 1.29 is 14.7 Å². The molecule has 0 aliphatic carbocycles. The normalized spacial score (nSPS) is 14.0. The van der Waals surface area contributed by atoms with Crippen molar-refractivity contribution in [3.05, 3.63) is 35.9 Å². The molecule has 1 rings (SSSR count). The van der Waals surface area contributed by atoms with Gasteiger partial charge in [0.25, 0.3) is 0 Å². The van der Waals surface area contributed by atoms with E-state index in [9.17, 15) is 9.59 Å². The predicted octanol–water partition coefficient (Wildman–Crippen LogP) is 1.12. The van der Waals surface area contributed by atoms with Crippen molar-refractivity contribution in [3.63, 3.8) is 0 Å². The molecule has 0 fully saturated rings. The van der Waals surface area contributed by atoms with Crippen LogP contribution in [-0.4, -0.2) is 17.0 Å². The zero-order chi connectivity index (χ0) is 11.5. The van der Waals surface area contributed by atoms with E-state index in [4.69, 9.17) is 5.11 Å². The van der Waals surface area contributed by atoms with Crippen LogP contribution in [0.1, 0.15) is 19.4 Å². The van der Waals surface area contributed by atoms with E-state index in [2.05, 4.69) is 5.32 Å². The smallest absolute Gasteiger partial charge is 0.333 e. The molecule has 80 valence electrons. The number of benzene rings is 1. The minimum atomic E-state index is -1.37. The van der Waals surface area contributed by atoms with Gasteiger partial charge in [-0.05, 0) is 12.5 Å². The molecule has 2 N–H and O–H groups in total. The fourth-order valence-electron chi connectivity index (χ4n) is 1.37. The first kappa shape index (κ1) is 11.2. The van der Waals surface area contributed by atoms with Crippen LogP contribution >= 0.6 is 0 Å². The van der Waals surface area contributed by atoms with Crippen LogP contribution in [0.5, 0.6) is 0 Å². The van der Waals surface area contributed by atoms with Crippen LogP contribution in [-0.2, 0) is 15.1 Å². The summed E-state index contributed by atoms with van der Waals surface area (Å²) in [4.78, 5) is 22.1. The lowest BCUT2D eigenvalue weighted by molar-refractivity contribution is -0.147. The van der Waals surface area contributed by atoms with Crippen LogP contribution in [0.25, 0.3) is 0 Å². The average molecular weight is 207 g/mol. The van der Waals surface area contributed by atoms with Gasteiger partial charge < -0.3 is 10.4 Å². The Bertz CT molecular complexity index is 375. The Kier molecular flexibility index (Phi) is 3.09. The molecule has 0 unspecified atom stereocenters. The van der Waals surface area contributed by atoms with Gasteiger partial charge in [-0.3, -0.25) is 4.79 Å². The van der Waals surface area contributed by atoms with Gasteiger partial charge in [-0.15, -0.1) is 0 Å². The maximum Gasteiger partial charge on any atom is 0.333 e. The Morgan fingerprint density at radius 1 is 1.27 bits per heavy atom. The summed E-state index contributed by atoms with van der Waals surface area (Å²) in [6, 6.07) is 8.60. The lowest BCUT2D eigenvalue weighted by Gasteiger charge is -2.25. The van der Waals surface area contributed by atoms with Gasteiger partial charge in [0.15, 0.2) is 5.54 Å². The van der Waals surface area contributed by atoms with Gasteiger partial charge in [-0.2, -0.15) is 0 Å². The van der Waals surface area contributed by atoms with Crippen molar-refractivity contribution in [1.82, 2.24) is 5.32 Å². The third-order valence-electron chi connectivity index (χ3n) is 2.20. The summed E-state index contributed by atoms with van der Waals surface area (Å²) in [5.41, 5.74) is -0.819. The number of aliphatic carboxylic acids is 1. The molecule has 0 aliphatic rings. The van der Waals surface area contributed by atoms with E-state index in [1.54, 1.807) is 30.3 Å². The Labute approximate surface area is 87.9 Å². The van der Waals surface area contributed by atoms with Crippen molar-refractivity contribution >= 4 is 11.9 Å². The largest absolute Gasteiger partial charge is 0.479 e. The number of carbonyl (C=O) groups is 2. The molecule has 4 heteroatoms. The first-order valence-electron chi connectivity index (χ1n) is 4.54. The summed E-state index contributed by atoms with van der Waals surface area (Å²) in [6.07, 6.45) is 0. The number of carboxylic acid groups (broad SMARTS) is 1. The van der Waals surface area contributed by atoms with E-state index < -0.39 is 11.5 Å². The van der Waals surface area contributed by atoms with Crippen LogP contribution in [0.3, 0.4) is 0 Å². The second-order valence-corrected chi connectivity index (χ2v) is 3.48. The second kappa shape index (κ2) is 4.13. The van der Waals surface area contributed by atoms with Crippen molar-refractivity contribution in [1.29, 1.82) is 0 Å². The lowest BCUT2D eigenvalue weighted by Crippen LogP contribution is -2.48. The monoisotopic (exact) mass is 207 g/mol. The molecule has 0 heterocycles. The SMILES string of the molecule is CC(=O)N[C@@](C)(C(=O)O)c1ccccc1. The fraction of sp³-hybridized carbons (Fsp3) is 0.273. The van der Waals surface area contributed by atoms with E-state index in [-0.39, 0.29) is 5.91 Å². The number of carboxylic acids is 1. The Balaban J connectivity index is 3.13. The van der Waals surface area contributed by atoms with Crippen LogP contribution in [0, 0.1) is 0 Å². The molecule has 1 aromatic rings. The standard InChI is InChI=1S/C11H13NO3/c1-8(13)12-11(2,10(14)15)9-6-4-3-5-7-9/h3-7H,1-2H3,(H,12,13)(H,14,15)/t11-/m1/s1. The molecule has 0 radical (unpaired) electrons. The summed E-state index contributed by atoms with van der Waals surface area (Å²) in [5, 5.41) is 11.6. The predicted molar refractivity (Wildman–Crippen MR) is 55.2 cm³/mol. The maximum atomic E-state index is 11.1. The number of nitrogens with one attached hydrogen (secondary N) is 1. The minimum Gasteiger partial charge on any atom is -0.479 e. The molecular weight excluding hydrogens is 194 g/mol. The fourth-order valence-corrected chi connectivity index (χ4v) is 1.37. The molecule has 15 heavy (non-hydrogen) atoms. The molecule has 1 amide bonds. The highest BCUT2D eigenvalue weighted by Crippen LogP contribution is 2.20. The van der Waals surface area contributed by atoms with Crippen LogP contribution in [0.2, 0.25) is 0 Å². The summed E-state index contributed by atoms with van der Waals surface area (Å²) in [6.45, 7) is 2.76. The third-order valence-corrected chi connectivity index (χ3v) is 2.20. The van der Waals surface area contributed by atoms with Gasteiger partial charge in [0.1, 0.15) is 0 Å². The first-order chi connectivity index (χ1) is 6.97. The summed E-state index contributed by atoms with van der Waals surface area (Å²) < 4.78 is 0. The third kappa shape index (κ3) is 2.34. The molecule has 1 atom stereocenters. The van der Waals surface area contributed by atoms with Crippen LogP contribution < -0.4 is 5.32 Å². The number of rotatable bonds is 3. The van der Waals surface area contributed by atoms with Crippen LogP contribution in [0.4, 0.5) is 0 Å². The lowest BCUT2D eigenvalue weighted by atomic mass is 9.92. The van der Waals surface area contributed by atoms with Gasteiger partial charge in [-0.1, -0.05) is 30.3 Å². The van der Waals surface area contributed by atoms with E-state index in [1.165, 1.54) is 13.8 Å². The van der Waals surface area contributed by atoms with Gasteiger partial charge in [0.2, 0.25) is 5.91 Å². The molecule has 0 bridgehead atoms. The molecule has 0 aromatic heterocycles. The Morgan fingerprint density at radius 3 is 2.20 bits per heavy atom. The van der Waals surface area contributed by atoms with Crippen molar-refractivity contribution in [2.24, 2.45) is 0 Å². The summed E-state index contributed by atoms with van der Waals surface area (Å²) in [5.74, 6) is -1.45. The first-order valence-corrected chi connectivity index (χ1v) is 4.54. The van der Waals surface area contributed by atoms with Gasteiger partial charge in [0, 0.05) is 6.92 Å². The number of amides is 1. The Hall–Kier alpha value is -1.84. The highest BCUT2D eigenvalue weighted by molar-refractivity contribution is 5.86. The molecule has 0 saturated heterocycles. The van der Waals surface area contributed by atoms with E-state index >= 15 is 0 Å². The average Bonchev–Trinajstić information content (AvgIpc) is 2.17. The molecule has 0 aliphatic heterocycles. The van der Waals surface area contributed by atoms with Crippen LogP contribution in [0.15, 0.2) is 30.3 Å². The van der Waals surface area contributed by atoms with E-state index in [1.807, 2.05) is 0 Å². The minimum absolute atomic E-state index is 0.372. The maximum absolute atomic E-state index is 11.1. The second-order valence-electron chi connectivity index (χ2n) is 3.48. The van der Waals surface area contributed by atoms with Crippen molar-refractivity contribution in [2.75, 3.05) is 0 Å². The van der Waals surface area contributed by atoms with Crippen molar-refractivity contribution in [3.8, 4) is 0 Å². The topological polar surface area (TPSA) is 66.4 Å². The van der Waals surface area contributed by atoms with E-state index in [0.717, 1.165) is 0 Å². The quantitative estimate of drug-likeness (QED) is 0.780. The molecule has 1 aromatic carbocycles. The molecule has 4 nitrogen and oxygen atoms in total. The van der Waals surface area contributed by atoms with Crippen molar-refractivity contribution in [2.45, 2.75) is 19.4 Å². The van der Waals surface area contributed by atoms with Gasteiger partial charge in [0.05, 0.1) is 0 Å². The highest BCUT2D eigenvalue weighted by Gasteiger charge is 2.35. The Morgan fingerprint density at radius 2 is 1.80 bits per heavy atom.